The molecule has 0 aromatic carbocycles. The smallest absolute Gasteiger partial charge is 0.319 e. The first-order valence-corrected chi connectivity index (χ1v) is 8.75. The molecule has 0 saturated carbocycles. The number of nitrogens with zero attached hydrogens (tertiary/aromatic N) is 3. The van der Waals surface area contributed by atoms with E-state index in [1.165, 1.54) is 0 Å². The summed E-state index contributed by atoms with van der Waals surface area (Å²) in [5, 5.41) is 5.57. The van der Waals surface area contributed by atoms with Crippen molar-refractivity contribution in [2.45, 2.75) is 13.0 Å². The van der Waals surface area contributed by atoms with Crippen molar-refractivity contribution in [2.75, 3.05) is 32.5 Å². The Morgan fingerprint density at radius 1 is 1.38 bits per heavy atom. The fourth-order valence-corrected chi connectivity index (χ4v) is 2.79. The van der Waals surface area contributed by atoms with E-state index in [1.54, 1.807) is 18.5 Å². The van der Waals surface area contributed by atoms with Gasteiger partial charge in [-0.3, -0.25) is 15.1 Å². The summed E-state index contributed by atoms with van der Waals surface area (Å²) in [4.78, 5) is 29.7. The van der Waals surface area contributed by atoms with Gasteiger partial charge in [-0.2, -0.15) is 4.37 Å². The van der Waals surface area contributed by atoms with Gasteiger partial charge in [0.15, 0.2) is 0 Å². The van der Waals surface area contributed by atoms with Gasteiger partial charge >= 0.3 is 6.03 Å². The minimum Gasteiger partial charge on any atom is -0.472 e. The van der Waals surface area contributed by atoms with Crippen LogP contribution in [0.3, 0.4) is 0 Å². The van der Waals surface area contributed by atoms with Gasteiger partial charge in [0.1, 0.15) is 17.2 Å². The first-order chi connectivity index (χ1) is 12.5. The Bertz CT molecular complexity index is 735. The molecule has 0 saturated heterocycles. The second-order valence-electron chi connectivity index (χ2n) is 5.74. The zero-order valence-corrected chi connectivity index (χ0v) is 15.5. The van der Waals surface area contributed by atoms with Gasteiger partial charge in [0, 0.05) is 24.5 Å². The third-order valence-electron chi connectivity index (χ3n) is 3.30. The number of aromatic nitrogens is 2. The van der Waals surface area contributed by atoms with Gasteiger partial charge in [0.25, 0.3) is 5.91 Å². The van der Waals surface area contributed by atoms with E-state index in [0.29, 0.717) is 6.54 Å². The lowest BCUT2D eigenvalue weighted by Gasteiger charge is -2.10. The van der Waals surface area contributed by atoms with Crippen LogP contribution in [0.2, 0.25) is 0 Å². The molecule has 0 radical (unpaired) electrons. The Balaban J connectivity index is 1.95. The molecular weight excluding hydrogens is 356 g/mol. The molecule has 0 fully saturated rings. The maximum atomic E-state index is 12.0. The van der Waals surface area contributed by atoms with Crippen LogP contribution in [0.15, 0.2) is 24.5 Å². The number of nitrogens with one attached hydrogen (secondary N) is 2. The van der Waals surface area contributed by atoms with Gasteiger partial charge in [-0.05, 0) is 44.7 Å². The van der Waals surface area contributed by atoms with E-state index in [9.17, 15) is 9.59 Å². The van der Waals surface area contributed by atoms with Gasteiger partial charge in [-0.1, -0.05) is 6.07 Å². The third kappa shape index (κ3) is 5.97. The Morgan fingerprint density at radius 3 is 2.85 bits per heavy atom. The highest BCUT2D eigenvalue weighted by Gasteiger charge is 2.21. The molecule has 0 aliphatic heterocycles. The van der Waals surface area contributed by atoms with Crippen LogP contribution in [0.5, 0.6) is 5.88 Å². The SMILES string of the molecule is CN(C)CCCNC(=O)Nc1snc(OCc2cccnc2)c1C(N)=O. The average Bonchev–Trinajstić information content (AvgIpc) is 3.00. The number of ether oxygens (including phenoxy) is 1. The van der Waals surface area contributed by atoms with Crippen molar-refractivity contribution >= 4 is 28.5 Å². The van der Waals surface area contributed by atoms with Crippen LogP contribution >= 0.6 is 11.5 Å². The molecule has 0 bridgehead atoms. The second-order valence-corrected chi connectivity index (χ2v) is 6.52. The van der Waals surface area contributed by atoms with Crippen molar-refractivity contribution in [2.24, 2.45) is 5.73 Å². The molecule has 140 valence electrons. The van der Waals surface area contributed by atoms with E-state index in [0.717, 1.165) is 30.1 Å². The van der Waals surface area contributed by atoms with Crippen molar-refractivity contribution in [3.05, 3.63) is 35.7 Å². The molecule has 0 spiro atoms. The van der Waals surface area contributed by atoms with Crippen LogP contribution in [0.25, 0.3) is 0 Å². The Morgan fingerprint density at radius 2 is 2.19 bits per heavy atom. The van der Waals surface area contributed by atoms with Crippen LogP contribution in [0.1, 0.15) is 22.3 Å². The van der Waals surface area contributed by atoms with Gasteiger partial charge in [-0.25, -0.2) is 4.79 Å². The van der Waals surface area contributed by atoms with Crippen molar-refractivity contribution in [3.63, 3.8) is 0 Å². The predicted molar refractivity (Wildman–Crippen MR) is 99.4 cm³/mol. The summed E-state index contributed by atoms with van der Waals surface area (Å²) in [6.07, 6.45) is 4.11. The highest BCUT2D eigenvalue weighted by molar-refractivity contribution is 7.11. The molecule has 0 atom stereocenters. The van der Waals surface area contributed by atoms with Gasteiger partial charge in [0.05, 0.1) is 0 Å². The summed E-state index contributed by atoms with van der Waals surface area (Å²) in [7, 11) is 3.92. The lowest BCUT2D eigenvalue weighted by molar-refractivity contribution is 0.0996. The minimum absolute atomic E-state index is 0.0577. The zero-order chi connectivity index (χ0) is 18.9. The number of pyridine rings is 1. The van der Waals surface area contributed by atoms with Crippen LogP contribution in [-0.2, 0) is 6.61 Å². The number of anilines is 1. The average molecular weight is 378 g/mol. The maximum Gasteiger partial charge on any atom is 0.319 e. The Hall–Kier alpha value is -2.72. The molecule has 0 unspecified atom stereocenters. The minimum atomic E-state index is -0.720. The number of nitrogens with two attached hydrogens (primary N) is 1. The van der Waals surface area contributed by atoms with E-state index in [4.69, 9.17) is 10.5 Å². The molecule has 10 heteroatoms. The van der Waals surface area contributed by atoms with Gasteiger partial charge in [0.2, 0.25) is 5.88 Å². The van der Waals surface area contributed by atoms with Crippen LogP contribution < -0.4 is 21.1 Å². The van der Waals surface area contributed by atoms with Crippen LogP contribution in [0, 0.1) is 0 Å². The molecule has 4 N–H and O–H groups in total. The van der Waals surface area contributed by atoms with Crippen molar-refractivity contribution in [1.29, 1.82) is 0 Å². The highest BCUT2D eigenvalue weighted by atomic mass is 32.1. The van der Waals surface area contributed by atoms with E-state index in [2.05, 4.69) is 20.0 Å². The van der Waals surface area contributed by atoms with E-state index in [1.807, 2.05) is 25.1 Å². The molecule has 3 amide bonds. The molecule has 9 nitrogen and oxygen atoms in total. The number of amides is 3. The van der Waals surface area contributed by atoms with Gasteiger partial charge < -0.3 is 20.7 Å². The molecule has 2 aromatic rings. The third-order valence-corrected chi connectivity index (χ3v) is 4.05. The van der Waals surface area contributed by atoms with E-state index < -0.39 is 11.9 Å². The number of hydrogen-bond acceptors (Lipinski definition) is 7. The normalized spacial score (nSPS) is 10.6. The zero-order valence-electron chi connectivity index (χ0n) is 14.7. The molecule has 2 aromatic heterocycles. The summed E-state index contributed by atoms with van der Waals surface area (Å²) in [6, 6.07) is 3.19. The molecule has 2 rings (SSSR count). The Kier molecular flexibility index (Phi) is 7.30. The molecule has 0 aliphatic carbocycles. The van der Waals surface area contributed by atoms with E-state index >= 15 is 0 Å². The fourth-order valence-electron chi connectivity index (χ4n) is 2.06. The molecule has 26 heavy (non-hydrogen) atoms. The number of urea groups is 1. The fraction of sp³-hybridized carbons (Fsp3) is 0.375. The lowest BCUT2D eigenvalue weighted by atomic mass is 10.3. The lowest BCUT2D eigenvalue weighted by Crippen LogP contribution is -2.31. The summed E-state index contributed by atoms with van der Waals surface area (Å²) >= 11 is 0.940. The van der Waals surface area contributed by atoms with Crippen LogP contribution in [-0.4, -0.2) is 53.4 Å². The molecule has 0 aliphatic rings. The van der Waals surface area contributed by atoms with Crippen molar-refractivity contribution in [3.8, 4) is 5.88 Å². The predicted octanol–water partition coefficient (Wildman–Crippen LogP) is 1.29. The highest BCUT2D eigenvalue weighted by Crippen LogP contribution is 2.30. The summed E-state index contributed by atoms with van der Waals surface area (Å²) in [5.74, 6) is -0.628. The number of carbonyl (C=O) groups excluding carboxylic acids is 2. The number of rotatable bonds is 9. The number of hydrogen-bond donors (Lipinski definition) is 3. The summed E-state index contributed by atoms with van der Waals surface area (Å²) in [6.45, 7) is 1.56. The van der Waals surface area contributed by atoms with Crippen LogP contribution in [0.4, 0.5) is 9.80 Å². The van der Waals surface area contributed by atoms with Crippen molar-refractivity contribution < 1.29 is 14.3 Å². The summed E-state index contributed by atoms with van der Waals surface area (Å²) < 4.78 is 9.63. The van der Waals surface area contributed by atoms with Crippen molar-refractivity contribution in [1.82, 2.24) is 19.6 Å². The molecular formula is C16H22N6O3S. The first kappa shape index (κ1) is 19.6. The van der Waals surface area contributed by atoms with Gasteiger partial charge in [-0.15, -0.1) is 0 Å². The Labute approximate surface area is 155 Å². The molecule has 2 heterocycles. The van der Waals surface area contributed by atoms with E-state index in [-0.39, 0.29) is 23.1 Å². The largest absolute Gasteiger partial charge is 0.472 e. The topological polar surface area (TPSA) is 122 Å². The number of primary amides is 1. The standard InChI is InChI=1S/C16H22N6O3S/c1-22(2)8-4-7-19-16(24)20-15-12(13(17)23)14(21-26-15)25-10-11-5-3-6-18-9-11/h3,5-6,9H,4,7-8,10H2,1-2H3,(H2,17,23)(H2,19,20,24). The quantitative estimate of drug-likeness (QED) is 0.565. The summed E-state index contributed by atoms with van der Waals surface area (Å²) in [5.41, 5.74) is 6.30. The first-order valence-electron chi connectivity index (χ1n) is 7.98. The second kappa shape index (κ2) is 9.68. The maximum absolute atomic E-state index is 12.0. The monoisotopic (exact) mass is 378 g/mol. The number of carbonyl (C=O) groups is 2.